The van der Waals surface area contributed by atoms with Gasteiger partial charge in [0.15, 0.2) is 0 Å². The third kappa shape index (κ3) is 6.56. The Morgan fingerprint density at radius 3 is 2.03 bits per heavy atom. The molecule has 0 bridgehead atoms. The van der Waals surface area contributed by atoms with Crippen molar-refractivity contribution in [2.45, 2.75) is 24.4 Å². The van der Waals surface area contributed by atoms with E-state index in [0.717, 1.165) is 14.3 Å². The minimum Gasteiger partial charge on any atom is -0.348 e. The fourth-order valence-electron chi connectivity index (χ4n) is 3.06. The van der Waals surface area contributed by atoms with Crippen molar-refractivity contribution in [3.63, 3.8) is 0 Å². The van der Waals surface area contributed by atoms with Gasteiger partial charge in [-0.25, -0.2) is 8.42 Å². The average Bonchev–Trinajstić information content (AvgIpc) is 2.75. The van der Waals surface area contributed by atoms with Gasteiger partial charge in [-0.2, -0.15) is 4.31 Å². The summed E-state index contributed by atoms with van der Waals surface area (Å²) in [5.74, 6) is -0.410. The van der Waals surface area contributed by atoms with E-state index in [-0.39, 0.29) is 24.0 Å². The molecule has 0 saturated heterocycles. The molecule has 9 heteroatoms. The predicted molar refractivity (Wildman–Crippen MR) is 131 cm³/mol. The molecule has 0 aliphatic carbocycles. The Balaban J connectivity index is 1.82. The molecule has 0 fully saturated rings. The Morgan fingerprint density at radius 2 is 1.47 bits per heavy atom. The second-order valence-corrected chi connectivity index (χ2v) is 10.9. The van der Waals surface area contributed by atoms with Gasteiger partial charge in [-0.1, -0.05) is 63.4 Å². The number of hydrogen-bond acceptors (Lipinski definition) is 3. The molecule has 32 heavy (non-hydrogen) atoms. The largest absolute Gasteiger partial charge is 0.348 e. The van der Waals surface area contributed by atoms with Gasteiger partial charge in [0.2, 0.25) is 15.9 Å². The first-order valence-electron chi connectivity index (χ1n) is 9.70. The predicted octanol–water partition coefficient (Wildman–Crippen LogP) is 5.82. The summed E-state index contributed by atoms with van der Waals surface area (Å²) in [5.41, 5.74) is 1.62. The number of benzene rings is 3. The minimum atomic E-state index is -3.95. The molecule has 0 unspecified atom stereocenters. The quantitative estimate of drug-likeness (QED) is 0.380. The second kappa shape index (κ2) is 10.8. The van der Waals surface area contributed by atoms with Gasteiger partial charge in [0, 0.05) is 21.1 Å². The van der Waals surface area contributed by atoms with Crippen molar-refractivity contribution in [2.75, 3.05) is 6.54 Å². The van der Waals surface area contributed by atoms with Crippen LogP contribution in [-0.2, 0) is 21.4 Å². The molecule has 0 radical (unpaired) electrons. The van der Waals surface area contributed by atoms with Gasteiger partial charge < -0.3 is 5.32 Å². The summed E-state index contributed by atoms with van der Waals surface area (Å²) in [4.78, 5) is 12.9. The number of carbonyl (C=O) groups is 1. The van der Waals surface area contributed by atoms with Gasteiger partial charge >= 0.3 is 0 Å². The van der Waals surface area contributed by atoms with E-state index in [1.165, 1.54) is 24.3 Å². The molecular formula is C23H21BrCl2N2O3S. The maximum atomic E-state index is 13.3. The summed E-state index contributed by atoms with van der Waals surface area (Å²) < 4.78 is 28.7. The number of amides is 1. The van der Waals surface area contributed by atoms with Crippen molar-refractivity contribution in [3.05, 3.63) is 98.4 Å². The van der Waals surface area contributed by atoms with Crippen LogP contribution < -0.4 is 5.32 Å². The molecule has 3 aromatic carbocycles. The highest BCUT2D eigenvalue weighted by atomic mass is 79.9. The van der Waals surface area contributed by atoms with Crippen molar-refractivity contribution in [1.82, 2.24) is 9.62 Å². The van der Waals surface area contributed by atoms with Crippen molar-refractivity contribution in [3.8, 4) is 0 Å². The molecule has 168 valence electrons. The number of rotatable bonds is 8. The first-order chi connectivity index (χ1) is 15.1. The van der Waals surface area contributed by atoms with Crippen LogP contribution in [-0.4, -0.2) is 25.2 Å². The molecule has 3 aromatic rings. The van der Waals surface area contributed by atoms with Crippen LogP contribution in [0.2, 0.25) is 10.0 Å². The molecular weight excluding hydrogens is 535 g/mol. The minimum absolute atomic E-state index is 0.0161. The summed E-state index contributed by atoms with van der Waals surface area (Å²) in [5, 5.41) is 3.84. The van der Waals surface area contributed by atoms with Gasteiger partial charge in [-0.3, -0.25) is 4.79 Å². The zero-order valence-corrected chi connectivity index (χ0v) is 21.0. The van der Waals surface area contributed by atoms with E-state index >= 15 is 0 Å². The van der Waals surface area contributed by atoms with Gasteiger partial charge in [-0.05, 0) is 66.6 Å². The van der Waals surface area contributed by atoms with Crippen molar-refractivity contribution in [1.29, 1.82) is 0 Å². The summed E-state index contributed by atoms with van der Waals surface area (Å²) in [6.45, 7) is 1.52. The smallest absolute Gasteiger partial charge is 0.243 e. The second-order valence-electron chi connectivity index (χ2n) is 7.19. The van der Waals surface area contributed by atoms with Crippen LogP contribution >= 0.6 is 39.1 Å². The van der Waals surface area contributed by atoms with Gasteiger partial charge in [0.25, 0.3) is 0 Å². The lowest BCUT2D eigenvalue weighted by atomic mass is 10.1. The molecule has 0 spiro atoms. The topological polar surface area (TPSA) is 66.5 Å². The van der Waals surface area contributed by atoms with E-state index in [0.29, 0.717) is 15.6 Å². The van der Waals surface area contributed by atoms with E-state index in [1.54, 1.807) is 24.3 Å². The Labute approximate surface area is 206 Å². The maximum absolute atomic E-state index is 13.3. The van der Waals surface area contributed by atoms with Gasteiger partial charge in [-0.15, -0.1) is 0 Å². The molecule has 1 N–H and O–H groups in total. The molecule has 0 saturated carbocycles. The fraction of sp³-hybridized carbons (Fsp3) is 0.174. The summed E-state index contributed by atoms with van der Waals surface area (Å²) >= 11 is 15.2. The van der Waals surface area contributed by atoms with E-state index in [2.05, 4.69) is 21.2 Å². The van der Waals surface area contributed by atoms with Crippen molar-refractivity contribution >= 4 is 55.1 Å². The lowest BCUT2D eigenvalue weighted by molar-refractivity contribution is -0.122. The molecule has 3 rings (SSSR count). The Kier molecular flexibility index (Phi) is 8.36. The van der Waals surface area contributed by atoms with Gasteiger partial charge in [0.05, 0.1) is 17.5 Å². The lowest BCUT2D eigenvalue weighted by Gasteiger charge is -2.23. The molecule has 0 heterocycles. The zero-order chi connectivity index (χ0) is 23.3. The van der Waals surface area contributed by atoms with Crippen LogP contribution in [0.25, 0.3) is 0 Å². The number of nitrogens with one attached hydrogen (secondary N) is 1. The van der Waals surface area contributed by atoms with E-state index in [9.17, 15) is 13.2 Å². The molecule has 0 aromatic heterocycles. The SMILES string of the molecule is C[C@H](NC(=O)CN(Cc1ccc(Cl)cc1)S(=O)(=O)c1ccc(Cl)cc1)c1ccc(Br)cc1. The van der Waals surface area contributed by atoms with E-state index < -0.39 is 15.9 Å². The Morgan fingerprint density at radius 1 is 0.938 bits per heavy atom. The summed E-state index contributed by atoms with van der Waals surface area (Å²) in [6.07, 6.45) is 0. The highest BCUT2D eigenvalue weighted by Crippen LogP contribution is 2.22. The highest BCUT2D eigenvalue weighted by molar-refractivity contribution is 9.10. The van der Waals surface area contributed by atoms with Crippen molar-refractivity contribution in [2.24, 2.45) is 0 Å². The monoisotopic (exact) mass is 554 g/mol. The molecule has 1 amide bonds. The summed E-state index contributed by atoms with van der Waals surface area (Å²) in [7, 11) is -3.95. The molecule has 5 nitrogen and oxygen atoms in total. The summed E-state index contributed by atoms with van der Waals surface area (Å²) in [6, 6.07) is 20.0. The first-order valence-corrected chi connectivity index (χ1v) is 12.7. The molecule has 1 atom stereocenters. The first kappa shape index (κ1) is 24.7. The number of hydrogen-bond donors (Lipinski definition) is 1. The number of sulfonamides is 1. The number of carbonyl (C=O) groups excluding carboxylic acids is 1. The standard InChI is InChI=1S/C23H21BrCl2N2O3S/c1-16(18-4-6-19(24)7-5-18)27-23(29)15-28(14-17-2-8-20(25)9-3-17)32(30,31)22-12-10-21(26)11-13-22/h2-13,16H,14-15H2,1H3,(H,27,29)/t16-/m0/s1. The normalized spacial score (nSPS) is 12.5. The Bertz CT molecular complexity index is 1170. The van der Waals surface area contributed by atoms with E-state index in [1.807, 2.05) is 31.2 Å². The third-order valence-corrected chi connectivity index (χ3v) is 7.63. The molecule has 0 aliphatic heterocycles. The highest BCUT2D eigenvalue weighted by Gasteiger charge is 2.27. The van der Waals surface area contributed by atoms with Crippen LogP contribution in [0.3, 0.4) is 0 Å². The number of halogens is 3. The van der Waals surface area contributed by atoms with E-state index in [4.69, 9.17) is 23.2 Å². The maximum Gasteiger partial charge on any atom is 0.243 e. The third-order valence-electron chi connectivity index (χ3n) is 4.79. The van der Waals surface area contributed by atoms with Crippen LogP contribution in [0, 0.1) is 0 Å². The van der Waals surface area contributed by atoms with Crippen LogP contribution in [0.1, 0.15) is 24.1 Å². The average molecular weight is 556 g/mol. The van der Waals surface area contributed by atoms with Crippen LogP contribution in [0.4, 0.5) is 0 Å². The zero-order valence-electron chi connectivity index (χ0n) is 17.1. The Hall–Kier alpha value is -1.90. The van der Waals surface area contributed by atoms with Crippen LogP contribution in [0.15, 0.2) is 82.2 Å². The fourth-order valence-corrected chi connectivity index (χ4v) is 4.96. The molecule has 0 aliphatic rings. The lowest BCUT2D eigenvalue weighted by Crippen LogP contribution is -2.41. The van der Waals surface area contributed by atoms with Gasteiger partial charge in [0.1, 0.15) is 0 Å². The number of nitrogens with zero attached hydrogens (tertiary/aromatic N) is 1. The van der Waals surface area contributed by atoms with Crippen molar-refractivity contribution < 1.29 is 13.2 Å². The van der Waals surface area contributed by atoms with Crippen LogP contribution in [0.5, 0.6) is 0 Å².